The van der Waals surface area contributed by atoms with Crippen LogP contribution in [0.4, 0.5) is 4.79 Å². The van der Waals surface area contributed by atoms with Crippen LogP contribution in [0.2, 0.25) is 0 Å². The maximum Gasteiger partial charge on any atom is 0.415 e. The number of carbonyl (C=O) groups is 1. The number of hydrogen-bond donors (Lipinski definition) is 0. The van der Waals surface area contributed by atoms with E-state index in [0.717, 1.165) is 18.4 Å². The van der Waals surface area contributed by atoms with Gasteiger partial charge >= 0.3 is 6.09 Å². The molecule has 0 radical (unpaired) electrons. The molecule has 1 aromatic rings. The van der Waals surface area contributed by atoms with Crippen molar-refractivity contribution in [2.24, 2.45) is 4.99 Å². The van der Waals surface area contributed by atoms with Crippen LogP contribution in [0.1, 0.15) is 38.3 Å². The van der Waals surface area contributed by atoms with E-state index in [1.54, 1.807) is 0 Å². The molecule has 0 N–H and O–H groups in total. The van der Waals surface area contributed by atoms with Gasteiger partial charge in [-0.05, 0) is 39.0 Å². The van der Waals surface area contributed by atoms with Crippen molar-refractivity contribution in [3.63, 3.8) is 0 Å². The molecule has 1 aliphatic rings. The first-order chi connectivity index (χ1) is 9.06. The zero-order chi connectivity index (χ0) is 13.9. The van der Waals surface area contributed by atoms with Gasteiger partial charge in [-0.25, -0.2) is 4.79 Å². The molecule has 4 heteroatoms. The average molecular weight is 260 g/mol. The number of hydrogen-bond acceptors (Lipinski definition) is 3. The third-order valence-electron chi connectivity index (χ3n) is 3.40. The molecule has 19 heavy (non-hydrogen) atoms. The van der Waals surface area contributed by atoms with Crippen LogP contribution in [0.15, 0.2) is 35.3 Å². The number of cyclic esters (lactones) is 1. The van der Waals surface area contributed by atoms with Crippen molar-refractivity contribution in [2.45, 2.75) is 38.5 Å². The molecule has 1 atom stereocenters. The van der Waals surface area contributed by atoms with Gasteiger partial charge in [-0.1, -0.05) is 30.3 Å². The number of carbonyl (C=O) groups excluding carboxylic acids is 1. The summed E-state index contributed by atoms with van der Waals surface area (Å²) in [6, 6.07) is 10.1. The first-order valence-electron chi connectivity index (χ1n) is 6.56. The fourth-order valence-corrected chi connectivity index (χ4v) is 2.51. The number of ether oxygens (including phenoxy) is 1. The summed E-state index contributed by atoms with van der Waals surface area (Å²) in [4.78, 5) is 17.4. The monoisotopic (exact) mass is 260 g/mol. The zero-order valence-electron chi connectivity index (χ0n) is 11.5. The van der Waals surface area contributed by atoms with Crippen molar-refractivity contribution in [1.29, 1.82) is 0 Å². The average Bonchev–Trinajstić information content (AvgIpc) is 2.38. The molecule has 4 nitrogen and oxygen atoms in total. The van der Waals surface area contributed by atoms with Gasteiger partial charge in [0.2, 0.25) is 0 Å². The Morgan fingerprint density at radius 3 is 2.58 bits per heavy atom. The van der Waals surface area contributed by atoms with E-state index < -0.39 is 5.72 Å². The van der Waals surface area contributed by atoms with Crippen LogP contribution in [-0.2, 0) is 4.74 Å². The van der Waals surface area contributed by atoms with Crippen molar-refractivity contribution >= 4 is 12.8 Å². The van der Waals surface area contributed by atoms with E-state index in [-0.39, 0.29) is 12.1 Å². The van der Waals surface area contributed by atoms with Gasteiger partial charge in [0.15, 0.2) is 5.72 Å². The maximum atomic E-state index is 11.8. The van der Waals surface area contributed by atoms with E-state index in [1.165, 1.54) is 0 Å². The Labute approximate surface area is 114 Å². The predicted molar refractivity (Wildman–Crippen MR) is 75.2 cm³/mol. The first kappa shape index (κ1) is 13.6. The van der Waals surface area contributed by atoms with Gasteiger partial charge in [0.25, 0.3) is 0 Å². The molecule has 2 rings (SSSR count). The molecular formula is C15H20N2O2. The lowest BCUT2D eigenvalue weighted by atomic mass is 9.97. The molecular weight excluding hydrogens is 240 g/mol. The lowest BCUT2D eigenvalue weighted by Crippen LogP contribution is -2.62. The minimum Gasteiger partial charge on any atom is -0.423 e. The van der Waals surface area contributed by atoms with Gasteiger partial charge in [-0.15, -0.1) is 0 Å². The summed E-state index contributed by atoms with van der Waals surface area (Å²) in [5, 5.41) is 0. The summed E-state index contributed by atoms with van der Waals surface area (Å²) in [6.45, 7) is 8.04. The molecule has 1 aliphatic heterocycles. The summed E-state index contributed by atoms with van der Waals surface area (Å²) >= 11 is 0. The molecule has 1 amide bonds. The van der Waals surface area contributed by atoms with Crippen LogP contribution < -0.4 is 0 Å². The fourth-order valence-electron chi connectivity index (χ4n) is 2.51. The normalized spacial score (nSPS) is 18.4. The Morgan fingerprint density at radius 1 is 1.37 bits per heavy atom. The fraction of sp³-hybridized carbons (Fsp3) is 0.467. The predicted octanol–water partition coefficient (Wildman–Crippen LogP) is 3.40. The highest BCUT2D eigenvalue weighted by Crippen LogP contribution is 2.39. The second-order valence-electron chi connectivity index (χ2n) is 5.20. The van der Waals surface area contributed by atoms with Gasteiger partial charge in [-0.3, -0.25) is 4.90 Å². The molecule has 0 bridgehead atoms. The Kier molecular flexibility index (Phi) is 3.88. The second-order valence-corrected chi connectivity index (χ2v) is 5.20. The van der Waals surface area contributed by atoms with Crippen LogP contribution in [0.5, 0.6) is 0 Å². The summed E-state index contributed by atoms with van der Waals surface area (Å²) in [6.07, 6.45) is 1.52. The molecule has 1 saturated heterocycles. The Hall–Kier alpha value is -1.84. The zero-order valence-corrected chi connectivity index (χ0v) is 11.5. The van der Waals surface area contributed by atoms with Gasteiger partial charge in [0, 0.05) is 6.54 Å². The summed E-state index contributed by atoms with van der Waals surface area (Å²) < 4.78 is 5.20. The lowest BCUT2D eigenvalue weighted by Gasteiger charge is -2.50. The minimum absolute atomic E-state index is 0.0409. The van der Waals surface area contributed by atoms with E-state index in [0.29, 0.717) is 6.54 Å². The van der Waals surface area contributed by atoms with Crippen molar-refractivity contribution in [3.8, 4) is 0 Å². The molecule has 0 spiro atoms. The van der Waals surface area contributed by atoms with E-state index in [4.69, 9.17) is 4.74 Å². The molecule has 102 valence electrons. The third kappa shape index (κ3) is 2.78. The first-order valence-corrected chi connectivity index (χ1v) is 6.56. The van der Waals surface area contributed by atoms with Gasteiger partial charge in [0.1, 0.15) is 0 Å². The van der Waals surface area contributed by atoms with Gasteiger partial charge < -0.3 is 9.73 Å². The Morgan fingerprint density at radius 2 is 2.05 bits per heavy atom. The number of aliphatic imine (C=N–C) groups is 1. The van der Waals surface area contributed by atoms with Crippen LogP contribution in [0.3, 0.4) is 0 Å². The van der Waals surface area contributed by atoms with E-state index in [2.05, 4.69) is 11.7 Å². The third-order valence-corrected chi connectivity index (χ3v) is 3.40. The molecule has 0 aliphatic carbocycles. The summed E-state index contributed by atoms with van der Waals surface area (Å²) in [5.74, 6) is 0. The van der Waals surface area contributed by atoms with E-state index in [9.17, 15) is 4.79 Å². The number of amides is 1. The van der Waals surface area contributed by atoms with Crippen LogP contribution in [0, 0.1) is 0 Å². The highest BCUT2D eigenvalue weighted by molar-refractivity contribution is 5.74. The number of rotatable bonds is 6. The minimum atomic E-state index is -0.529. The van der Waals surface area contributed by atoms with Crippen LogP contribution >= 0.6 is 0 Å². The van der Waals surface area contributed by atoms with Crippen molar-refractivity contribution in [3.05, 3.63) is 35.9 Å². The van der Waals surface area contributed by atoms with Gasteiger partial charge in [-0.2, -0.15) is 0 Å². The lowest BCUT2D eigenvalue weighted by molar-refractivity contribution is -0.181. The Balaban J connectivity index is 2.19. The summed E-state index contributed by atoms with van der Waals surface area (Å²) in [7, 11) is 0. The largest absolute Gasteiger partial charge is 0.423 e. The Bertz CT molecular complexity index is 456. The molecule has 1 fully saturated rings. The van der Waals surface area contributed by atoms with E-state index >= 15 is 0 Å². The molecule has 1 aromatic carbocycles. The molecule has 0 saturated carbocycles. The van der Waals surface area contributed by atoms with Crippen molar-refractivity contribution < 1.29 is 9.53 Å². The highest BCUT2D eigenvalue weighted by Gasteiger charge is 2.49. The SMILES string of the molecule is C=NCCCC(c1ccccc1)N1C(=O)OC1(C)C. The standard InChI is InChI=1S/C15H20N2O2/c1-15(2)17(14(18)19-15)13(10-7-11-16-3)12-8-5-4-6-9-12/h4-6,8-9,13H,3,7,10-11H2,1-2H3. The molecule has 0 aromatic heterocycles. The van der Waals surface area contributed by atoms with Crippen LogP contribution in [-0.4, -0.2) is 30.0 Å². The van der Waals surface area contributed by atoms with Crippen molar-refractivity contribution in [2.75, 3.05) is 6.54 Å². The molecule has 1 unspecified atom stereocenters. The highest BCUT2D eigenvalue weighted by atomic mass is 16.6. The molecule has 1 heterocycles. The second kappa shape index (κ2) is 5.43. The summed E-state index contributed by atoms with van der Waals surface area (Å²) in [5.41, 5.74) is 0.607. The maximum absolute atomic E-state index is 11.8. The number of nitrogens with zero attached hydrogens (tertiary/aromatic N) is 2. The van der Waals surface area contributed by atoms with Crippen molar-refractivity contribution in [1.82, 2.24) is 4.90 Å². The number of benzene rings is 1. The smallest absolute Gasteiger partial charge is 0.415 e. The topological polar surface area (TPSA) is 41.9 Å². The van der Waals surface area contributed by atoms with Crippen LogP contribution in [0.25, 0.3) is 0 Å². The van der Waals surface area contributed by atoms with Gasteiger partial charge in [0.05, 0.1) is 6.04 Å². The quantitative estimate of drug-likeness (QED) is 0.581. The van der Waals surface area contributed by atoms with E-state index in [1.807, 2.05) is 49.1 Å².